The molecule has 0 aliphatic rings. The SMILES string of the molecule is CC(C)(C)OC(=O)NC(=CN)C(=Nc1ccnnc1)C(F)(F)F. The first-order valence-electron chi connectivity index (χ1n) is 6.38. The summed E-state index contributed by atoms with van der Waals surface area (Å²) < 4.78 is 44.4. The minimum Gasteiger partial charge on any atom is -0.444 e. The lowest BCUT2D eigenvalue weighted by Crippen LogP contribution is -2.38. The van der Waals surface area contributed by atoms with Gasteiger partial charge in [0.05, 0.1) is 23.8 Å². The molecule has 126 valence electrons. The van der Waals surface area contributed by atoms with E-state index in [0.29, 0.717) is 6.20 Å². The number of ether oxygens (including phenoxy) is 1. The summed E-state index contributed by atoms with van der Waals surface area (Å²) >= 11 is 0. The number of aromatic nitrogens is 2. The number of nitrogens with two attached hydrogens (primary N) is 1. The number of alkyl carbamates (subject to hydrolysis) is 1. The number of rotatable bonds is 3. The molecule has 23 heavy (non-hydrogen) atoms. The third-order valence-corrected chi connectivity index (χ3v) is 2.14. The van der Waals surface area contributed by atoms with E-state index in [4.69, 9.17) is 10.5 Å². The first kappa shape index (κ1) is 18.4. The maximum Gasteiger partial charge on any atom is 0.435 e. The highest BCUT2D eigenvalue weighted by atomic mass is 19.4. The zero-order valence-corrected chi connectivity index (χ0v) is 12.7. The molecule has 7 nitrogen and oxygen atoms in total. The maximum atomic E-state index is 13.2. The number of halogens is 3. The molecule has 0 saturated heterocycles. The van der Waals surface area contributed by atoms with Gasteiger partial charge in [-0.05, 0) is 26.8 Å². The highest BCUT2D eigenvalue weighted by Gasteiger charge is 2.39. The van der Waals surface area contributed by atoms with Crippen LogP contribution in [0.1, 0.15) is 20.8 Å². The molecule has 0 unspecified atom stereocenters. The molecule has 3 N–H and O–H groups in total. The van der Waals surface area contributed by atoms with Gasteiger partial charge in [0.1, 0.15) is 5.60 Å². The van der Waals surface area contributed by atoms with Crippen molar-refractivity contribution in [1.29, 1.82) is 0 Å². The molecular formula is C13H16F3N5O2. The minimum absolute atomic E-state index is 0.0994. The zero-order chi connectivity index (χ0) is 17.7. The van der Waals surface area contributed by atoms with E-state index in [1.165, 1.54) is 12.3 Å². The summed E-state index contributed by atoms with van der Waals surface area (Å²) in [5, 5.41) is 8.80. The highest BCUT2D eigenvalue weighted by molar-refractivity contribution is 6.06. The van der Waals surface area contributed by atoms with Crippen LogP contribution in [0.25, 0.3) is 0 Å². The van der Waals surface area contributed by atoms with Crippen molar-refractivity contribution < 1.29 is 22.7 Å². The van der Waals surface area contributed by atoms with Crippen molar-refractivity contribution in [2.24, 2.45) is 10.7 Å². The van der Waals surface area contributed by atoms with E-state index in [9.17, 15) is 18.0 Å². The number of allylic oxidation sites excluding steroid dienone is 1. The van der Waals surface area contributed by atoms with Crippen LogP contribution in [-0.4, -0.2) is 33.8 Å². The van der Waals surface area contributed by atoms with Gasteiger partial charge in [-0.15, -0.1) is 0 Å². The molecule has 1 aromatic rings. The van der Waals surface area contributed by atoms with Crippen molar-refractivity contribution in [1.82, 2.24) is 15.5 Å². The molecule has 0 aromatic carbocycles. The minimum atomic E-state index is -4.86. The predicted octanol–water partition coefficient (Wildman–Crippen LogP) is 2.44. The van der Waals surface area contributed by atoms with Gasteiger partial charge in [0.15, 0.2) is 5.71 Å². The Morgan fingerprint density at radius 1 is 1.35 bits per heavy atom. The summed E-state index contributed by atoms with van der Waals surface area (Å²) in [4.78, 5) is 15.1. The molecular weight excluding hydrogens is 315 g/mol. The summed E-state index contributed by atoms with van der Waals surface area (Å²) in [6.07, 6.45) is -3.14. The summed E-state index contributed by atoms with van der Waals surface area (Å²) in [7, 11) is 0. The van der Waals surface area contributed by atoms with Crippen LogP contribution in [0.15, 0.2) is 35.3 Å². The third-order valence-electron chi connectivity index (χ3n) is 2.14. The molecule has 0 atom stereocenters. The van der Waals surface area contributed by atoms with Gasteiger partial charge in [-0.2, -0.15) is 23.4 Å². The molecule has 0 aliphatic heterocycles. The van der Waals surface area contributed by atoms with Crippen molar-refractivity contribution in [3.63, 3.8) is 0 Å². The monoisotopic (exact) mass is 331 g/mol. The molecule has 0 fully saturated rings. The number of hydrogen-bond acceptors (Lipinski definition) is 6. The van der Waals surface area contributed by atoms with E-state index in [1.54, 1.807) is 20.8 Å². The molecule has 1 amide bonds. The normalized spacial score (nSPS) is 13.7. The summed E-state index contributed by atoms with van der Waals surface area (Å²) in [5.74, 6) is 0. The molecule has 0 spiro atoms. The van der Waals surface area contributed by atoms with Gasteiger partial charge in [-0.3, -0.25) is 5.32 Å². The van der Waals surface area contributed by atoms with Crippen LogP contribution in [0.5, 0.6) is 0 Å². The number of amides is 1. The Hall–Kier alpha value is -2.65. The number of aliphatic imine (C=N–C) groups is 1. The Labute approximate surface area is 130 Å². The first-order chi connectivity index (χ1) is 10.5. The standard InChI is InChI=1S/C13H16F3N5O2/c1-12(2,3)23-11(22)21-9(6-17)10(13(14,15)16)20-8-4-5-18-19-7-8/h4-7H,17H2,1-3H3,(H,21,22). The first-order valence-corrected chi connectivity index (χ1v) is 6.38. The number of nitrogens with one attached hydrogen (secondary N) is 1. The van der Waals surface area contributed by atoms with E-state index >= 15 is 0 Å². The number of alkyl halides is 3. The molecule has 1 heterocycles. The molecule has 0 aliphatic carbocycles. The molecule has 0 radical (unpaired) electrons. The second-order valence-corrected chi connectivity index (χ2v) is 5.27. The number of hydrogen-bond donors (Lipinski definition) is 2. The Kier molecular flexibility index (Phi) is 5.66. The average molecular weight is 331 g/mol. The Balaban J connectivity index is 3.11. The number of nitrogens with zero attached hydrogens (tertiary/aromatic N) is 3. The van der Waals surface area contributed by atoms with Crippen LogP contribution < -0.4 is 11.1 Å². The molecule has 0 saturated carbocycles. The summed E-state index contributed by atoms with van der Waals surface area (Å²) in [6, 6.07) is 1.22. The topological polar surface area (TPSA) is 102 Å². The van der Waals surface area contributed by atoms with Gasteiger partial charge < -0.3 is 10.5 Å². The van der Waals surface area contributed by atoms with E-state index < -0.39 is 29.3 Å². The van der Waals surface area contributed by atoms with Crippen molar-refractivity contribution in [2.45, 2.75) is 32.5 Å². The fraction of sp³-hybridized carbons (Fsp3) is 0.385. The maximum absolute atomic E-state index is 13.2. The molecule has 1 aromatic heterocycles. The van der Waals surface area contributed by atoms with E-state index in [-0.39, 0.29) is 5.69 Å². The smallest absolute Gasteiger partial charge is 0.435 e. The van der Waals surface area contributed by atoms with Crippen molar-refractivity contribution in [3.8, 4) is 0 Å². The van der Waals surface area contributed by atoms with Crippen LogP contribution in [0.3, 0.4) is 0 Å². The third kappa shape index (κ3) is 6.32. The fourth-order valence-electron chi connectivity index (χ4n) is 1.35. The van der Waals surface area contributed by atoms with Crippen molar-refractivity contribution in [3.05, 3.63) is 30.4 Å². The van der Waals surface area contributed by atoms with Crippen molar-refractivity contribution >= 4 is 17.5 Å². The zero-order valence-electron chi connectivity index (χ0n) is 12.7. The lowest BCUT2D eigenvalue weighted by atomic mass is 10.2. The van der Waals surface area contributed by atoms with E-state index in [0.717, 1.165) is 6.20 Å². The van der Waals surface area contributed by atoms with Crippen molar-refractivity contribution in [2.75, 3.05) is 0 Å². The van der Waals surface area contributed by atoms with Crippen LogP contribution in [0.2, 0.25) is 0 Å². The predicted molar refractivity (Wildman–Crippen MR) is 76.8 cm³/mol. The van der Waals surface area contributed by atoms with Gasteiger partial charge in [0.25, 0.3) is 0 Å². The fourth-order valence-corrected chi connectivity index (χ4v) is 1.35. The number of carbonyl (C=O) groups excluding carboxylic acids is 1. The van der Waals surface area contributed by atoms with E-state index in [1.807, 2.05) is 5.32 Å². The second kappa shape index (κ2) is 7.07. The lowest BCUT2D eigenvalue weighted by Gasteiger charge is -2.21. The van der Waals surface area contributed by atoms with E-state index in [2.05, 4.69) is 15.2 Å². The highest BCUT2D eigenvalue weighted by Crippen LogP contribution is 2.24. The summed E-state index contributed by atoms with van der Waals surface area (Å²) in [5.41, 5.74) is 2.09. The molecule has 1 rings (SSSR count). The van der Waals surface area contributed by atoms with Gasteiger partial charge >= 0.3 is 12.3 Å². The summed E-state index contributed by atoms with van der Waals surface area (Å²) in [6.45, 7) is 4.71. The van der Waals surface area contributed by atoms with Gasteiger partial charge in [0.2, 0.25) is 0 Å². The number of carbonyl (C=O) groups is 1. The van der Waals surface area contributed by atoms with Gasteiger partial charge in [0, 0.05) is 6.20 Å². The van der Waals surface area contributed by atoms with Crippen LogP contribution in [0.4, 0.5) is 23.7 Å². The largest absolute Gasteiger partial charge is 0.444 e. The Morgan fingerprint density at radius 2 is 2.00 bits per heavy atom. The Bertz CT molecular complexity index is 606. The lowest BCUT2D eigenvalue weighted by molar-refractivity contribution is -0.0584. The second-order valence-electron chi connectivity index (χ2n) is 5.27. The quantitative estimate of drug-likeness (QED) is 0.828. The van der Waals surface area contributed by atoms with Crippen LogP contribution in [0, 0.1) is 0 Å². The van der Waals surface area contributed by atoms with Gasteiger partial charge in [-0.1, -0.05) is 0 Å². The van der Waals surface area contributed by atoms with Gasteiger partial charge in [-0.25, -0.2) is 9.79 Å². The Morgan fingerprint density at radius 3 is 2.43 bits per heavy atom. The average Bonchev–Trinajstić information content (AvgIpc) is 2.40. The molecule has 0 bridgehead atoms. The van der Waals surface area contributed by atoms with Crippen LogP contribution >= 0.6 is 0 Å². The van der Waals surface area contributed by atoms with Crippen LogP contribution in [-0.2, 0) is 4.74 Å². The molecule has 10 heteroatoms.